The van der Waals surface area contributed by atoms with Crippen molar-refractivity contribution in [1.82, 2.24) is 9.80 Å². The fourth-order valence-corrected chi connectivity index (χ4v) is 4.16. The molecule has 24 heavy (non-hydrogen) atoms. The minimum atomic E-state index is -0.0181. The molecular weight excluding hydrogens is 308 g/mol. The van der Waals surface area contributed by atoms with Gasteiger partial charge in [-0.15, -0.1) is 0 Å². The Labute approximate surface area is 143 Å². The fourth-order valence-electron chi connectivity index (χ4n) is 4.16. The molecule has 2 fully saturated rings. The highest BCUT2D eigenvalue weighted by atomic mass is 16.5. The molecule has 6 nitrogen and oxygen atoms in total. The smallest absolute Gasteiger partial charge is 0.228 e. The average molecular weight is 336 g/mol. The van der Waals surface area contributed by atoms with Crippen molar-refractivity contribution in [3.05, 3.63) is 24.2 Å². The largest absolute Gasteiger partial charge is 0.472 e. The van der Waals surface area contributed by atoms with Crippen molar-refractivity contribution >= 4 is 5.91 Å². The summed E-state index contributed by atoms with van der Waals surface area (Å²) in [6.07, 6.45) is 5.60. The molecule has 134 valence electrons. The highest BCUT2D eigenvalue weighted by Crippen LogP contribution is 2.45. The molecule has 1 aromatic heterocycles. The Morgan fingerprint density at radius 3 is 2.71 bits per heavy atom. The van der Waals surface area contributed by atoms with Gasteiger partial charge in [0.2, 0.25) is 5.91 Å². The minimum absolute atomic E-state index is 0.0181. The van der Waals surface area contributed by atoms with E-state index < -0.39 is 0 Å². The summed E-state index contributed by atoms with van der Waals surface area (Å²) in [6.45, 7) is 5.56. The molecule has 0 saturated carbocycles. The third kappa shape index (κ3) is 3.50. The van der Waals surface area contributed by atoms with Crippen LogP contribution in [0.15, 0.2) is 23.0 Å². The third-order valence-corrected chi connectivity index (χ3v) is 5.59. The van der Waals surface area contributed by atoms with Crippen LogP contribution in [0.25, 0.3) is 0 Å². The molecule has 0 aromatic carbocycles. The van der Waals surface area contributed by atoms with Gasteiger partial charge in [-0.3, -0.25) is 9.69 Å². The molecule has 1 spiro atoms. The highest BCUT2D eigenvalue weighted by molar-refractivity contribution is 5.82. The second-order valence-corrected chi connectivity index (χ2v) is 7.03. The quantitative estimate of drug-likeness (QED) is 0.757. The Balaban J connectivity index is 1.64. The molecule has 3 heterocycles. The summed E-state index contributed by atoms with van der Waals surface area (Å²) >= 11 is 0. The van der Waals surface area contributed by atoms with E-state index in [0.29, 0.717) is 19.8 Å². The number of hydrogen-bond acceptors (Lipinski definition) is 5. The summed E-state index contributed by atoms with van der Waals surface area (Å²) in [5, 5.41) is 0. The first kappa shape index (κ1) is 17.5. The molecule has 0 bridgehead atoms. The van der Waals surface area contributed by atoms with E-state index in [1.54, 1.807) is 20.5 Å². The van der Waals surface area contributed by atoms with Crippen molar-refractivity contribution in [1.29, 1.82) is 0 Å². The molecule has 0 N–H and O–H groups in total. The van der Waals surface area contributed by atoms with E-state index in [2.05, 4.69) is 4.90 Å². The van der Waals surface area contributed by atoms with Gasteiger partial charge in [-0.05, 0) is 32.0 Å². The highest BCUT2D eigenvalue weighted by Gasteiger charge is 2.52. The van der Waals surface area contributed by atoms with E-state index in [4.69, 9.17) is 13.9 Å². The van der Waals surface area contributed by atoms with E-state index in [1.165, 1.54) is 5.56 Å². The Morgan fingerprint density at radius 1 is 1.29 bits per heavy atom. The summed E-state index contributed by atoms with van der Waals surface area (Å²) in [5.41, 5.74) is 1.26. The third-order valence-electron chi connectivity index (χ3n) is 5.59. The molecule has 1 amide bonds. The van der Waals surface area contributed by atoms with Crippen molar-refractivity contribution in [2.24, 2.45) is 11.3 Å². The maximum Gasteiger partial charge on any atom is 0.228 e. The fraction of sp³-hybridized carbons (Fsp3) is 0.722. The van der Waals surface area contributed by atoms with E-state index in [9.17, 15) is 4.79 Å². The number of piperidine rings is 1. The summed E-state index contributed by atoms with van der Waals surface area (Å²) < 4.78 is 15.7. The van der Waals surface area contributed by atoms with Crippen molar-refractivity contribution in [2.45, 2.75) is 19.4 Å². The summed E-state index contributed by atoms with van der Waals surface area (Å²) in [5.74, 6) is 0.215. The standard InChI is InChI=1S/C18H28N2O4/c1-22-10-8-20-14-18(16(13-23-2)17(20)21)4-6-19(7-5-18)11-15-3-9-24-12-15/h3,9,12,16H,4-8,10-11,13-14H2,1-2H3. The number of carbonyl (C=O) groups excluding carboxylic acids is 1. The number of likely N-dealkylation sites (tertiary alicyclic amines) is 2. The lowest BCUT2D eigenvalue weighted by molar-refractivity contribution is -0.134. The van der Waals surface area contributed by atoms with Crippen LogP contribution in [0.1, 0.15) is 18.4 Å². The summed E-state index contributed by atoms with van der Waals surface area (Å²) in [4.78, 5) is 17.2. The van der Waals surface area contributed by atoms with Gasteiger partial charge in [-0.2, -0.15) is 0 Å². The van der Waals surface area contributed by atoms with E-state index >= 15 is 0 Å². The first-order valence-corrected chi connectivity index (χ1v) is 8.68. The van der Waals surface area contributed by atoms with Gasteiger partial charge in [0.05, 0.1) is 31.7 Å². The zero-order valence-electron chi connectivity index (χ0n) is 14.7. The molecular formula is C18H28N2O4. The van der Waals surface area contributed by atoms with Crippen LogP contribution < -0.4 is 0 Å². The van der Waals surface area contributed by atoms with Crippen LogP contribution in [0, 0.1) is 11.3 Å². The number of rotatable bonds is 7. The zero-order chi connectivity index (χ0) is 17.0. The number of nitrogens with zero attached hydrogens (tertiary/aromatic N) is 2. The number of hydrogen-bond donors (Lipinski definition) is 0. The molecule has 2 aliphatic heterocycles. The number of amides is 1. The summed E-state index contributed by atoms with van der Waals surface area (Å²) in [6, 6.07) is 2.02. The molecule has 1 atom stereocenters. The van der Waals surface area contributed by atoms with Gasteiger partial charge in [0.15, 0.2) is 0 Å². The van der Waals surface area contributed by atoms with Crippen molar-refractivity contribution in [2.75, 3.05) is 53.6 Å². The van der Waals surface area contributed by atoms with Crippen LogP contribution in [-0.4, -0.2) is 69.3 Å². The topological polar surface area (TPSA) is 55.1 Å². The second kappa shape index (κ2) is 7.68. The Kier molecular flexibility index (Phi) is 5.58. The monoisotopic (exact) mass is 336 g/mol. The predicted molar refractivity (Wildman–Crippen MR) is 89.5 cm³/mol. The van der Waals surface area contributed by atoms with Crippen molar-refractivity contribution in [3.63, 3.8) is 0 Å². The molecule has 6 heteroatoms. The second-order valence-electron chi connectivity index (χ2n) is 7.03. The summed E-state index contributed by atoms with van der Waals surface area (Å²) in [7, 11) is 3.37. The predicted octanol–water partition coefficient (Wildman–Crippen LogP) is 1.61. The van der Waals surface area contributed by atoms with E-state index in [1.807, 2.05) is 17.2 Å². The number of furan rings is 1. The van der Waals surface area contributed by atoms with Crippen molar-refractivity contribution in [3.8, 4) is 0 Å². The molecule has 1 unspecified atom stereocenters. The molecule has 2 saturated heterocycles. The maximum absolute atomic E-state index is 12.8. The number of methoxy groups -OCH3 is 2. The Hall–Kier alpha value is -1.37. The first-order valence-electron chi connectivity index (χ1n) is 8.68. The first-order chi connectivity index (χ1) is 11.7. The number of ether oxygens (including phenoxy) is 2. The average Bonchev–Trinajstić information content (AvgIpc) is 3.18. The molecule has 0 radical (unpaired) electrons. The SMILES string of the molecule is COCCN1CC2(CCN(Cc3ccoc3)CC2)C(COC)C1=O. The van der Waals surface area contributed by atoms with E-state index in [-0.39, 0.29) is 17.2 Å². The lowest BCUT2D eigenvalue weighted by Gasteiger charge is -2.41. The molecule has 0 aliphatic carbocycles. The zero-order valence-corrected chi connectivity index (χ0v) is 14.7. The Morgan fingerprint density at radius 2 is 2.08 bits per heavy atom. The molecule has 1 aromatic rings. The maximum atomic E-state index is 12.8. The van der Waals surface area contributed by atoms with Crippen LogP contribution in [0.2, 0.25) is 0 Å². The van der Waals surface area contributed by atoms with Crippen LogP contribution in [-0.2, 0) is 20.8 Å². The van der Waals surface area contributed by atoms with E-state index in [0.717, 1.165) is 39.0 Å². The Bertz CT molecular complexity index is 523. The lowest BCUT2D eigenvalue weighted by atomic mass is 9.71. The lowest BCUT2D eigenvalue weighted by Crippen LogP contribution is -2.45. The number of carbonyl (C=O) groups is 1. The normalized spacial score (nSPS) is 24.2. The van der Waals surface area contributed by atoms with Crippen LogP contribution in [0.5, 0.6) is 0 Å². The van der Waals surface area contributed by atoms with Crippen LogP contribution >= 0.6 is 0 Å². The van der Waals surface area contributed by atoms with Gasteiger partial charge < -0.3 is 18.8 Å². The van der Waals surface area contributed by atoms with Gasteiger partial charge in [-0.1, -0.05) is 0 Å². The van der Waals surface area contributed by atoms with Gasteiger partial charge in [0.25, 0.3) is 0 Å². The van der Waals surface area contributed by atoms with Crippen LogP contribution in [0.4, 0.5) is 0 Å². The van der Waals surface area contributed by atoms with Gasteiger partial charge >= 0.3 is 0 Å². The van der Waals surface area contributed by atoms with Crippen molar-refractivity contribution < 1.29 is 18.7 Å². The van der Waals surface area contributed by atoms with Gasteiger partial charge in [0.1, 0.15) is 0 Å². The molecule has 3 rings (SSSR count). The van der Waals surface area contributed by atoms with Crippen LogP contribution in [0.3, 0.4) is 0 Å². The minimum Gasteiger partial charge on any atom is -0.472 e. The van der Waals surface area contributed by atoms with Gasteiger partial charge in [0, 0.05) is 44.8 Å². The molecule has 2 aliphatic rings. The van der Waals surface area contributed by atoms with Gasteiger partial charge in [-0.25, -0.2) is 0 Å².